The maximum atomic E-state index is 11.6. The molecule has 0 atom stereocenters. The SMILES string of the molecule is Cc1c(Cl)c(=O)n(C)c2ccccc12. The molecule has 0 N–H and O–H groups in total. The fraction of sp³-hybridized carbons (Fsp3) is 0.182. The molecular weight excluding hydrogens is 198 g/mol. The van der Waals surface area contributed by atoms with E-state index < -0.39 is 0 Å². The van der Waals surface area contributed by atoms with Gasteiger partial charge in [-0.15, -0.1) is 0 Å². The Morgan fingerprint density at radius 3 is 2.64 bits per heavy atom. The van der Waals surface area contributed by atoms with Crippen LogP contribution in [0.5, 0.6) is 0 Å². The molecule has 0 spiro atoms. The Kier molecular flexibility index (Phi) is 2.08. The van der Waals surface area contributed by atoms with Crippen LogP contribution in [0.4, 0.5) is 0 Å². The number of hydrogen-bond donors (Lipinski definition) is 0. The van der Waals surface area contributed by atoms with Crippen molar-refractivity contribution >= 4 is 22.5 Å². The summed E-state index contributed by atoms with van der Waals surface area (Å²) in [6.45, 7) is 1.87. The van der Waals surface area contributed by atoms with E-state index in [1.54, 1.807) is 11.6 Å². The largest absolute Gasteiger partial charge is 0.310 e. The van der Waals surface area contributed by atoms with Gasteiger partial charge in [-0.2, -0.15) is 0 Å². The lowest BCUT2D eigenvalue weighted by atomic mass is 10.1. The van der Waals surface area contributed by atoms with Crippen molar-refractivity contribution in [1.82, 2.24) is 4.57 Å². The van der Waals surface area contributed by atoms with Crippen LogP contribution in [0.15, 0.2) is 29.1 Å². The monoisotopic (exact) mass is 207 g/mol. The number of rotatable bonds is 0. The number of para-hydroxylation sites is 1. The first-order chi connectivity index (χ1) is 6.63. The van der Waals surface area contributed by atoms with Crippen LogP contribution in [0.1, 0.15) is 5.56 Å². The minimum Gasteiger partial charge on any atom is -0.310 e. The number of pyridine rings is 1. The van der Waals surface area contributed by atoms with Gasteiger partial charge in [0.1, 0.15) is 5.02 Å². The predicted octanol–water partition coefficient (Wildman–Crippen LogP) is 2.50. The highest BCUT2D eigenvalue weighted by molar-refractivity contribution is 6.32. The average molecular weight is 208 g/mol. The fourth-order valence-electron chi connectivity index (χ4n) is 1.62. The minimum atomic E-state index is -0.136. The molecular formula is C11H10ClNO. The van der Waals surface area contributed by atoms with Crippen molar-refractivity contribution in [2.75, 3.05) is 0 Å². The van der Waals surface area contributed by atoms with Gasteiger partial charge in [0.05, 0.1) is 5.52 Å². The van der Waals surface area contributed by atoms with Crippen molar-refractivity contribution in [3.05, 3.63) is 45.2 Å². The summed E-state index contributed by atoms with van der Waals surface area (Å²) in [5.41, 5.74) is 1.63. The highest BCUT2D eigenvalue weighted by Crippen LogP contribution is 2.20. The quantitative estimate of drug-likeness (QED) is 0.651. The van der Waals surface area contributed by atoms with Gasteiger partial charge in [-0.25, -0.2) is 0 Å². The highest BCUT2D eigenvalue weighted by atomic mass is 35.5. The first kappa shape index (κ1) is 9.28. The van der Waals surface area contributed by atoms with E-state index in [2.05, 4.69) is 0 Å². The molecule has 2 aromatic rings. The third-order valence-electron chi connectivity index (χ3n) is 2.49. The molecule has 0 fully saturated rings. The number of aryl methyl sites for hydroxylation is 2. The topological polar surface area (TPSA) is 22.0 Å². The van der Waals surface area contributed by atoms with Crippen molar-refractivity contribution in [2.24, 2.45) is 7.05 Å². The maximum absolute atomic E-state index is 11.6. The summed E-state index contributed by atoms with van der Waals surface area (Å²) < 4.78 is 1.57. The molecule has 14 heavy (non-hydrogen) atoms. The van der Waals surface area contributed by atoms with E-state index in [0.29, 0.717) is 5.02 Å². The van der Waals surface area contributed by atoms with Crippen molar-refractivity contribution in [3.63, 3.8) is 0 Å². The molecule has 0 saturated heterocycles. The lowest BCUT2D eigenvalue weighted by molar-refractivity contribution is 0.903. The van der Waals surface area contributed by atoms with Crippen LogP contribution in [-0.4, -0.2) is 4.57 Å². The first-order valence-corrected chi connectivity index (χ1v) is 4.74. The van der Waals surface area contributed by atoms with Gasteiger partial charge < -0.3 is 4.57 Å². The number of nitrogens with zero attached hydrogens (tertiary/aromatic N) is 1. The lowest BCUT2D eigenvalue weighted by Crippen LogP contribution is -2.18. The minimum absolute atomic E-state index is 0.136. The normalized spacial score (nSPS) is 10.8. The smallest absolute Gasteiger partial charge is 0.269 e. The van der Waals surface area contributed by atoms with Gasteiger partial charge in [0.2, 0.25) is 0 Å². The Morgan fingerprint density at radius 1 is 1.29 bits per heavy atom. The van der Waals surface area contributed by atoms with Crippen molar-refractivity contribution < 1.29 is 0 Å². The van der Waals surface area contributed by atoms with Crippen LogP contribution in [-0.2, 0) is 7.05 Å². The number of halogens is 1. The van der Waals surface area contributed by atoms with Gasteiger partial charge in [-0.05, 0) is 18.6 Å². The summed E-state index contributed by atoms with van der Waals surface area (Å²) in [6.07, 6.45) is 0. The van der Waals surface area contributed by atoms with Crippen LogP contribution in [0, 0.1) is 6.92 Å². The highest BCUT2D eigenvalue weighted by Gasteiger charge is 2.08. The predicted molar refractivity (Wildman–Crippen MR) is 58.9 cm³/mol. The van der Waals surface area contributed by atoms with E-state index in [-0.39, 0.29) is 5.56 Å². The summed E-state index contributed by atoms with van der Waals surface area (Å²) in [7, 11) is 1.73. The number of aromatic nitrogens is 1. The van der Waals surface area contributed by atoms with Crippen LogP contribution in [0.3, 0.4) is 0 Å². The Hall–Kier alpha value is -1.28. The molecule has 0 aliphatic rings. The Balaban J connectivity index is 3.10. The number of hydrogen-bond acceptors (Lipinski definition) is 1. The van der Waals surface area contributed by atoms with Crippen LogP contribution in [0.2, 0.25) is 5.02 Å². The zero-order chi connectivity index (χ0) is 10.3. The molecule has 0 aliphatic heterocycles. The van der Waals surface area contributed by atoms with Crippen molar-refractivity contribution in [1.29, 1.82) is 0 Å². The van der Waals surface area contributed by atoms with Gasteiger partial charge in [-0.3, -0.25) is 4.79 Å². The third kappa shape index (κ3) is 1.15. The molecule has 2 rings (SSSR count). The van der Waals surface area contributed by atoms with Crippen molar-refractivity contribution in [3.8, 4) is 0 Å². The van der Waals surface area contributed by atoms with E-state index in [1.165, 1.54) is 0 Å². The van der Waals surface area contributed by atoms with E-state index in [0.717, 1.165) is 16.5 Å². The molecule has 0 amide bonds. The molecule has 0 radical (unpaired) electrons. The maximum Gasteiger partial charge on any atom is 0.269 e. The Bertz CT molecular complexity index is 557. The molecule has 2 nitrogen and oxygen atoms in total. The second kappa shape index (κ2) is 3.14. The summed E-state index contributed by atoms with van der Waals surface area (Å²) in [5.74, 6) is 0. The molecule has 1 aromatic heterocycles. The number of benzene rings is 1. The molecule has 0 aliphatic carbocycles. The molecule has 1 heterocycles. The van der Waals surface area contributed by atoms with Gasteiger partial charge in [0.15, 0.2) is 0 Å². The number of fused-ring (bicyclic) bond motifs is 1. The lowest BCUT2D eigenvalue weighted by Gasteiger charge is -2.08. The fourth-order valence-corrected chi connectivity index (χ4v) is 1.85. The molecule has 0 unspecified atom stereocenters. The van der Waals surface area contributed by atoms with Crippen molar-refractivity contribution in [2.45, 2.75) is 6.92 Å². The zero-order valence-electron chi connectivity index (χ0n) is 8.04. The third-order valence-corrected chi connectivity index (χ3v) is 2.94. The average Bonchev–Trinajstić information content (AvgIpc) is 2.23. The van der Waals surface area contributed by atoms with Gasteiger partial charge >= 0.3 is 0 Å². The summed E-state index contributed by atoms with van der Waals surface area (Å²) in [4.78, 5) is 11.6. The molecule has 0 saturated carbocycles. The molecule has 1 aromatic carbocycles. The zero-order valence-corrected chi connectivity index (χ0v) is 8.80. The molecule has 72 valence electrons. The summed E-state index contributed by atoms with van der Waals surface area (Å²) in [6, 6.07) is 7.74. The van der Waals surface area contributed by atoms with Gasteiger partial charge in [0.25, 0.3) is 5.56 Å². The first-order valence-electron chi connectivity index (χ1n) is 4.36. The van der Waals surface area contributed by atoms with Crippen LogP contribution in [0.25, 0.3) is 10.9 Å². The molecule has 3 heteroatoms. The van der Waals surface area contributed by atoms with Crippen LogP contribution < -0.4 is 5.56 Å². The Morgan fingerprint density at radius 2 is 1.93 bits per heavy atom. The Labute approximate surface area is 86.7 Å². The van der Waals surface area contributed by atoms with E-state index in [9.17, 15) is 4.79 Å². The second-order valence-corrected chi connectivity index (χ2v) is 3.70. The van der Waals surface area contributed by atoms with Gasteiger partial charge in [-0.1, -0.05) is 29.8 Å². The van der Waals surface area contributed by atoms with Crippen LogP contribution >= 0.6 is 11.6 Å². The summed E-state index contributed by atoms with van der Waals surface area (Å²) >= 11 is 5.93. The van der Waals surface area contributed by atoms with E-state index in [4.69, 9.17) is 11.6 Å². The standard InChI is InChI=1S/C11H10ClNO/c1-7-8-5-3-4-6-9(8)13(2)11(14)10(7)12/h3-6H,1-2H3. The van der Waals surface area contributed by atoms with E-state index >= 15 is 0 Å². The second-order valence-electron chi connectivity index (χ2n) is 3.32. The van der Waals surface area contributed by atoms with Gasteiger partial charge in [0, 0.05) is 12.4 Å². The molecule has 0 bridgehead atoms. The van der Waals surface area contributed by atoms with E-state index in [1.807, 2.05) is 31.2 Å². The summed E-state index contributed by atoms with van der Waals surface area (Å²) in [5, 5.41) is 1.34.